The predicted molar refractivity (Wildman–Crippen MR) is 52.0 cm³/mol. The molecule has 0 atom stereocenters. The SMILES string of the molecule is NC(=O)Cc1c(F)ccc(Cl)c1Br. The number of primary amides is 1. The lowest BCUT2D eigenvalue weighted by molar-refractivity contribution is -0.117. The molecule has 70 valence electrons. The molecule has 1 aromatic carbocycles. The van der Waals surface area contributed by atoms with Crippen LogP contribution in [0.25, 0.3) is 0 Å². The summed E-state index contributed by atoms with van der Waals surface area (Å²) in [5.41, 5.74) is 5.14. The minimum Gasteiger partial charge on any atom is -0.369 e. The summed E-state index contributed by atoms with van der Waals surface area (Å²) in [6.45, 7) is 0. The van der Waals surface area contributed by atoms with Gasteiger partial charge in [0.2, 0.25) is 5.91 Å². The zero-order valence-corrected chi connectivity index (χ0v) is 8.82. The van der Waals surface area contributed by atoms with Crippen molar-refractivity contribution in [3.63, 3.8) is 0 Å². The van der Waals surface area contributed by atoms with Crippen LogP contribution in [0, 0.1) is 5.82 Å². The van der Waals surface area contributed by atoms with Gasteiger partial charge in [-0.05, 0) is 28.1 Å². The predicted octanol–water partition coefficient (Wildman–Crippen LogP) is 2.27. The summed E-state index contributed by atoms with van der Waals surface area (Å²) < 4.78 is 13.5. The van der Waals surface area contributed by atoms with E-state index in [1.165, 1.54) is 12.1 Å². The van der Waals surface area contributed by atoms with Gasteiger partial charge in [-0.2, -0.15) is 0 Å². The van der Waals surface area contributed by atoms with Gasteiger partial charge < -0.3 is 5.73 Å². The van der Waals surface area contributed by atoms with Gasteiger partial charge in [0.05, 0.1) is 11.4 Å². The molecule has 2 N–H and O–H groups in total. The highest BCUT2D eigenvalue weighted by Gasteiger charge is 2.12. The first kappa shape index (κ1) is 10.5. The summed E-state index contributed by atoms with van der Waals surface area (Å²) in [5.74, 6) is -1.09. The monoisotopic (exact) mass is 265 g/mol. The molecule has 0 saturated heterocycles. The molecule has 0 aliphatic rings. The van der Waals surface area contributed by atoms with Crippen molar-refractivity contribution in [3.8, 4) is 0 Å². The van der Waals surface area contributed by atoms with Gasteiger partial charge in [0.1, 0.15) is 5.82 Å². The second kappa shape index (κ2) is 4.07. The summed E-state index contributed by atoms with van der Waals surface area (Å²) in [7, 11) is 0. The highest BCUT2D eigenvalue weighted by atomic mass is 79.9. The van der Waals surface area contributed by atoms with Crippen molar-refractivity contribution in [1.82, 2.24) is 0 Å². The Kier molecular flexibility index (Phi) is 3.27. The van der Waals surface area contributed by atoms with Gasteiger partial charge in [-0.1, -0.05) is 11.6 Å². The Labute approximate surface area is 88.0 Å². The fraction of sp³-hybridized carbons (Fsp3) is 0.125. The molecule has 5 heteroatoms. The number of hydrogen-bond acceptors (Lipinski definition) is 1. The maximum absolute atomic E-state index is 13.1. The molecule has 0 aliphatic carbocycles. The van der Waals surface area contributed by atoms with Gasteiger partial charge in [-0.25, -0.2) is 4.39 Å². The molecular formula is C8H6BrClFNO. The van der Waals surface area contributed by atoms with Crippen LogP contribution in [0.4, 0.5) is 4.39 Å². The molecule has 0 unspecified atom stereocenters. The van der Waals surface area contributed by atoms with Crippen molar-refractivity contribution in [1.29, 1.82) is 0 Å². The Bertz CT molecular complexity index is 356. The quantitative estimate of drug-likeness (QED) is 0.820. The molecule has 0 radical (unpaired) electrons. The average molecular weight is 266 g/mol. The van der Waals surface area contributed by atoms with Gasteiger partial charge in [-0.15, -0.1) is 0 Å². The van der Waals surface area contributed by atoms with Crippen molar-refractivity contribution in [2.75, 3.05) is 0 Å². The van der Waals surface area contributed by atoms with Gasteiger partial charge >= 0.3 is 0 Å². The number of nitrogens with two attached hydrogens (primary N) is 1. The molecule has 1 aromatic rings. The summed E-state index contributed by atoms with van der Waals surface area (Å²) in [5, 5.41) is 0.359. The zero-order chi connectivity index (χ0) is 10.0. The van der Waals surface area contributed by atoms with E-state index in [-0.39, 0.29) is 12.0 Å². The van der Waals surface area contributed by atoms with E-state index < -0.39 is 11.7 Å². The fourth-order valence-corrected chi connectivity index (χ4v) is 1.54. The van der Waals surface area contributed by atoms with Crippen LogP contribution in [0.1, 0.15) is 5.56 Å². The van der Waals surface area contributed by atoms with E-state index in [0.29, 0.717) is 9.50 Å². The largest absolute Gasteiger partial charge is 0.369 e. The fourth-order valence-electron chi connectivity index (χ4n) is 0.905. The van der Waals surface area contributed by atoms with E-state index >= 15 is 0 Å². The lowest BCUT2D eigenvalue weighted by atomic mass is 10.1. The topological polar surface area (TPSA) is 43.1 Å². The van der Waals surface area contributed by atoms with E-state index in [2.05, 4.69) is 15.9 Å². The molecule has 0 heterocycles. The van der Waals surface area contributed by atoms with Crippen LogP contribution in [0.2, 0.25) is 5.02 Å². The minimum atomic E-state index is -0.595. The normalized spacial score (nSPS) is 10.1. The number of rotatable bonds is 2. The molecule has 1 rings (SSSR count). The number of carbonyl (C=O) groups excluding carboxylic acids is 1. The third-order valence-corrected chi connectivity index (χ3v) is 2.94. The highest BCUT2D eigenvalue weighted by Crippen LogP contribution is 2.28. The van der Waals surface area contributed by atoms with E-state index in [1.54, 1.807) is 0 Å². The molecule has 0 saturated carbocycles. The standard InChI is InChI=1S/C8H6BrClFNO/c9-8-4(3-7(12)13)6(11)2-1-5(8)10/h1-2H,3H2,(H2,12,13). The summed E-state index contributed by atoms with van der Waals surface area (Å²) in [4.78, 5) is 10.6. The first-order chi connectivity index (χ1) is 6.02. The first-order valence-corrected chi connectivity index (χ1v) is 4.60. The number of amides is 1. The Morgan fingerprint density at radius 1 is 1.62 bits per heavy atom. The first-order valence-electron chi connectivity index (χ1n) is 3.43. The van der Waals surface area contributed by atoms with Crippen LogP contribution >= 0.6 is 27.5 Å². The van der Waals surface area contributed by atoms with E-state index in [1.807, 2.05) is 0 Å². The molecule has 1 amide bonds. The lowest BCUT2D eigenvalue weighted by Gasteiger charge is -2.04. The Hall–Kier alpha value is -0.610. The van der Waals surface area contributed by atoms with Crippen LogP contribution in [0.5, 0.6) is 0 Å². The van der Waals surface area contributed by atoms with Crippen LogP contribution in [-0.4, -0.2) is 5.91 Å². The molecule has 2 nitrogen and oxygen atoms in total. The Morgan fingerprint density at radius 3 is 2.77 bits per heavy atom. The molecule has 0 aliphatic heterocycles. The van der Waals surface area contributed by atoms with Crippen molar-refractivity contribution < 1.29 is 9.18 Å². The number of carbonyl (C=O) groups is 1. The summed E-state index contributed by atoms with van der Waals surface area (Å²) in [6, 6.07) is 2.61. The highest BCUT2D eigenvalue weighted by molar-refractivity contribution is 9.10. The van der Waals surface area contributed by atoms with Crippen LogP contribution in [0.3, 0.4) is 0 Å². The second-order valence-corrected chi connectivity index (χ2v) is 3.67. The van der Waals surface area contributed by atoms with Crippen molar-refractivity contribution in [2.24, 2.45) is 5.73 Å². The van der Waals surface area contributed by atoms with Crippen molar-refractivity contribution in [2.45, 2.75) is 6.42 Å². The van der Waals surface area contributed by atoms with Crippen LogP contribution in [-0.2, 0) is 11.2 Å². The number of hydrogen-bond donors (Lipinski definition) is 1. The van der Waals surface area contributed by atoms with Crippen molar-refractivity contribution >= 4 is 33.4 Å². The number of halogens is 3. The maximum atomic E-state index is 13.1. The molecular weight excluding hydrogens is 260 g/mol. The van der Waals surface area contributed by atoms with Gasteiger partial charge in [0, 0.05) is 10.0 Å². The van der Waals surface area contributed by atoms with E-state index in [4.69, 9.17) is 17.3 Å². The van der Waals surface area contributed by atoms with Crippen LogP contribution < -0.4 is 5.73 Å². The Morgan fingerprint density at radius 2 is 2.23 bits per heavy atom. The van der Waals surface area contributed by atoms with Gasteiger partial charge in [0.15, 0.2) is 0 Å². The molecule has 0 bridgehead atoms. The third kappa shape index (κ3) is 2.42. The maximum Gasteiger partial charge on any atom is 0.221 e. The Balaban J connectivity index is 3.17. The van der Waals surface area contributed by atoms with Crippen molar-refractivity contribution in [3.05, 3.63) is 33.0 Å². The summed E-state index contributed by atoms with van der Waals surface area (Å²) in [6.07, 6.45) is -0.160. The minimum absolute atomic E-state index is 0.160. The lowest BCUT2D eigenvalue weighted by Crippen LogP contribution is -2.15. The van der Waals surface area contributed by atoms with Gasteiger partial charge in [0.25, 0.3) is 0 Å². The van der Waals surface area contributed by atoms with Crippen LogP contribution in [0.15, 0.2) is 16.6 Å². The van der Waals surface area contributed by atoms with Gasteiger partial charge in [-0.3, -0.25) is 4.79 Å². The molecule has 0 aromatic heterocycles. The molecule has 0 fully saturated rings. The van der Waals surface area contributed by atoms with E-state index in [9.17, 15) is 9.18 Å². The smallest absolute Gasteiger partial charge is 0.221 e. The zero-order valence-electron chi connectivity index (χ0n) is 6.48. The molecule has 0 spiro atoms. The van der Waals surface area contributed by atoms with E-state index in [0.717, 1.165) is 0 Å². The average Bonchev–Trinajstić information content (AvgIpc) is 2.05. The number of benzene rings is 1. The molecule has 13 heavy (non-hydrogen) atoms. The third-order valence-electron chi connectivity index (χ3n) is 1.49. The second-order valence-electron chi connectivity index (χ2n) is 2.46. The summed E-state index contributed by atoms with van der Waals surface area (Å²) >= 11 is 8.78.